The number of fused-ring (bicyclic) bond motifs is 3. The molecule has 21 heavy (non-hydrogen) atoms. The van der Waals surface area contributed by atoms with E-state index >= 15 is 0 Å². The molecule has 1 unspecified atom stereocenters. The van der Waals surface area contributed by atoms with Gasteiger partial charge in [0.2, 0.25) is 0 Å². The van der Waals surface area contributed by atoms with E-state index in [0.717, 1.165) is 4.47 Å². The summed E-state index contributed by atoms with van der Waals surface area (Å²) >= 11 is 3.58. The summed E-state index contributed by atoms with van der Waals surface area (Å²) < 4.78 is 1.15. The fourth-order valence-electron chi connectivity index (χ4n) is 3.31. The molecule has 4 rings (SSSR count). The Morgan fingerprint density at radius 3 is 2.81 bits per heavy atom. The Labute approximate surface area is 132 Å². The van der Waals surface area contributed by atoms with E-state index in [4.69, 9.17) is 0 Å². The summed E-state index contributed by atoms with van der Waals surface area (Å²) in [6, 6.07) is 17.3. The maximum atomic E-state index is 3.67. The third-order valence-electron chi connectivity index (χ3n) is 4.28. The van der Waals surface area contributed by atoms with Crippen LogP contribution in [-0.4, -0.2) is 4.98 Å². The molecule has 2 N–H and O–H groups in total. The van der Waals surface area contributed by atoms with Crippen molar-refractivity contribution < 1.29 is 0 Å². The number of aryl methyl sites for hydroxylation is 1. The van der Waals surface area contributed by atoms with Crippen LogP contribution in [0.5, 0.6) is 0 Å². The second-order valence-corrected chi connectivity index (χ2v) is 6.58. The summed E-state index contributed by atoms with van der Waals surface area (Å²) in [7, 11) is 0. The molecule has 3 heteroatoms. The van der Waals surface area contributed by atoms with Gasteiger partial charge in [-0.3, -0.25) is 0 Å². The van der Waals surface area contributed by atoms with Crippen LogP contribution in [0.25, 0.3) is 10.9 Å². The first-order chi connectivity index (χ1) is 10.3. The number of hydrogen-bond acceptors (Lipinski definition) is 1. The minimum absolute atomic E-state index is 0.377. The lowest BCUT2D eigenvalue weighted by Crippen LogP contribution is -2.17. The first kappa shape index (κ1) is 13.0. The Morgan fingerprint density at radius 2 is 1.95 bits per heavy atom. The van der Waals surface area contributed by atoms with Crippen LogP contribution in [0.3, 0.4) is 0 Å². The number of H-pyrrole nitrogens is 1. The molecule has 0 spiro atoms. The van der Waals surface area contributed by atoms with Crippen LogP contribution in [0, 0.1) is 0 Å². The maximum absolute atomic E-state index is 3.67. The van der Waals surface area contributed by atoms with Crippen molar-refractivity contribution in [3.63, 3.8) is 0 Å². The van der Waals surface area contributed by atoms with E-state index in [2.05, 4.69) is 74.8 Å². The highest BCUT2D eigenvalue weighted by Crippen LogP contribution is 2.37. The number of hydrogen-bond donors (Lipinski definition) is 2. The number of rotatable bonds is 2. The van der Waals surface area contributed by atoms with Crippen molar-refractivity contribution in [2.45, 2.75) is 25.3 Å². The van der Waals surface area contributed by atoms with Gasteiger partial charge in [0.25, 0.3) is 0 Å². The molecule has 0 aliphatic heterocycles. The molecule has 3 aromatic rings. The van der Waals surface area contributed by atoms with E-state index in [1.165, 1.54) is 47.1 Å². The van der Waals surface area contributed by atoms with E-state index in [-0.39, 0.29) is 0 Å². The van der Waals surface area contributed by atoms with Gasteiger partial charge in [0, 0.05) is 26.8 Å². The van der Waals surface area contributed by atoms with Gasteiger partial charge in [-0.2, -0.15) is 0 Å². The minimum atomic E-state index is 0.377. The van der Waals surface area contributed by atoms with Crippen molar-refractivity contribution in [3.05, 3.63) is 64.3 Å². The smallest absolute Gasteiger partial charge is 0.0666 e. The van der Waals surface area contributed by atoms with Gasteiger partial charge >= 0.3 is 0 Å². The number of benzene rings is 2. The van der Waals surface area contributed by atoms with Crippen molar-refractivity contribution in [1.82, 2.24) is 4.98 Å². The molecule has 1 atom stereocenters. The lowest BCUT2D eigenvalue weighted by molar-refractivity contribution is 0.593. The average molecular weight is 341 g/mol. The van der Waals surface area contributed by atoms with E-state index in [1.807, 2.05) is 0 Å². The SMILES string of the molecule is Brc1ccc2[nH]c3c(c2c1)CCCC3Nc1ccccc1. The Kier molecular flexibility index (Phi) is 3.23. The molecule has 1 aliphatic carbocycles. The number of aromatic nitrogens is 1. The zero-order valence-corrected chi connectivity index (χ0v) is 13.3. The van der Waals surface area contributed by atoms with E-state index in [1.54, 1.807) is 0 Å². The summed E-state index contributed by atoms with van der Waals surface area (Å²) in [6.07, 6.45) is 3.58. The third kappa shape index (κ3) is 2.36. The first-order valence-corrected chi connectivity index (χ1v) is 8.22. The zero-order chi connectivity index (χ0) is 14.2. The number of aromatic amines is 1. The molecule has 0 saturated heterocycles. The van der Waals surface area contributed by atoms with Crippen LogP contribution in [-0.2, 0) is 6.42 Å². The Hall–Kier alpha value is -1.74. The second kappa shape index (κ2) is 5.23. The van der Waals surface area contributed by atoms with Gasteiger partial charge in [0.1, 0.15) is 0 Å². The van der Waals surface area contributed by atoms with Gasteiger partial charge in [-0.15, -0.1) is 0 Å². The van der Waals surface area contributed by atoms with Crippen molar-refractivity contribution in [3.8, 4) is 0 Å². The fraction of sp³-hybridized carbons (Fsp3) is 0.222. The molecule has 1 heterocycles. The minimum Gasteiger partial charge on any atom is -0.377 e. The molecular formula is C18H17BrN2. The largest absolute Gasteiger partial charge is 0.377 e. The van der Waals surface area contributed by atoms with Gasteiger partial charge in [-0.1, -0.05) is 34.1 Å². The molecule has 106 valence electrons. The highest BCUT2D eigenvalue weighted by atomic mass is 79.9. The summed E-state index contributed by atoms with van der Waals surface area (Å²) in [6.45, 7) is 0. The van der Waals surface area contributed by atoms with Crippen molar-refractivity contribution in [2.24, 2.45) is 0 Å². The summed E-state index contributed by atoms with van der Waals surface area (Å²) in [5.74, 6) is 0. The number of halogens is 1. The van der Waals surface area contributed by atoms with Crippen LogP contribution < -0.4 is 5.32 Å². The lowest BCUT2D eigenvalue weighted by atomic mass is 9.91. The number of nitrogens with one attached hydrogen (secondary N) is 2. The van der Waals surface area contributed by atoms with Gasteiger partial charge in [-0.05, 0) is 55.2 Å². The highest BCUT2D eigenvalue weighted by Gasteiger charge is 2.24. The molecular weight excluding hydrogens is 324 g/mol. The third-order valence-corrected chi connectivity index (χ3v) is 4.78. The molecule has 0 fully saturated rings. The van der Waals surface area contributed by atoms with E-state index in [9.17, 15) is 0 Å². The van der Waals surface area contributed by atoms with Crippen LogP contribution in [0.2, 0.25) is 0 Å². The maximum Gasteiger partial charge on any atom is 0.0666 e. The Balaban J connectivity index is 1.76. The summed E-state index contributed by atoms with van der Waals surface area (Å²) in [5.41, 5.74) is 5.27. The summed E-state index contributed by atoms with van der Waals surface area (Å²) in [4.78, 5) is 3.63. The predicted octanol–water partition coefficient (Wildman–Crippen LogP) is 5.42. The predicted molar refractivity (Wildman–Crippen MR) is 91.7 cm³/mol. The quantitative estimate of drug-likeness (QED) is 0.640. The molecule has 1 aromatic heterocycles. The van der Waals surface area contributed by atoms with E-state index in [0.29, 0.717) is 6.04 Å². The second-order valence-electron chi connectivity index (χ2n) is 5.66. The highest BCUT2D eigenvalue weighted by molar-refractivity contribution is 9.10. The summed E-state index contributed by atoms with van der Waals surface area (Å²) in [5, 5.41) is 5.03. The standard InChI is InChI=1S/C18H17BrN2/c19-12-9-10-16-15(11-12)14-7-4-8-17(18(14)21-16)20-13-5-2-1-3-6-13/h1-3,5-6,9-11,17,20-21H,4,7-8H2. The van der Waals surface area contributed by atoms with Crippen molar-refractivity contribution in [1.29, 1.82) is 0 Å². The van der Waals surface area contributed by atoms with Crippen molar-refractivity contribution in [2.75, 3.05) is 5.32 Å². The normalized spacial score (nSPS) is 17.7. The Bertz CT molecular complexity index is 777. The molecule has 0 amide bonds. The molecule has 0 radical (unpaired) electrons. The van der Waals surface area contributed by atoms with Crippen LogP contribution in [0.4, 0.5) is 5.69 Å². The Morgan fingerprint density at radius 1 is 1.10 bits per heavy atom. The van der Waals surface area contributed by atoms with E-state index < -0.39 is 0 Å². The van der Waals surface area contributed by atoms with Crippen LogP contribution in [0.1, 0.15) is 30.1 Å². The number of para-hydroxylation sites is 1. The monoisotopic (exact) mass is 340 g/mol. The van der Waals surface area contributed by atoms with Crippen LogP contribution >= 0.6 is 15.9 Å². The molecule has 2 nitrogen and oxygen atoms in total. The fourth-order valence-corrected chi connectivity index (χ4v) is 3.68. The topological polar surface area (TPSA) is 27.8 Å². The average Bonchev–Trinajstić information content (AvgIpc) is 2.88. The van der Waals surface area contributed by atoms with Crippen molar-refractivity contribution >= 4 is 32.5 Å². The van der Waals surface area contributed by atoms with Gasteiger partial charge in [0.15, 0.2) is 0 Å². The molecule has 1 aliphatic rings. The first-order valence-electron chi connectivity index (χ1n) is 7.43. The van der Waals surface area contributed by atoms with Gasteiger partial charge in [-0.25, -0.2) is 0 Å². The van der Waals surface area contributed by atoms with Crippen LogP contribution in [0.15, 0.2) is 53.0 Å². The number of anilines is 1. The lowest BCUT2D eigenvalue weighted by Gasteiger charge is -2.24. The molecule has 2 aromatic carbocycles. The molecule has 0 bridgehead atoms. The van der Waals surface area contributed by atoms with Gasteiger partial charge in [0.05, 0.1) is 6.04 Å². The molecule has 0 saturated carbocycles. The zero-order valence-electron chi connectivity index (χ0n) is 11.7. The van der Waals surface area contributed by atoms with Gasteiger partial charge < -0.3 is 10.3 Å².